The van der Waals surface area contributed by atoms with Crippen LogP contribution in [0, 0.1) is 0 Å². The zero-order chi connectivity index (χ0) is 39.4. The zero-order valence-electron chi connectivity index (χ0n) is 35.5. The molecule has 1 unspecified atom stereocenters. The molecule has 0 aliphatic rings. The minimum atomic E-state index is -0.784. The fourth-order valence-corrected chi connectivity index (χ4v) is 6.16. The molecule has 0 bridgehead atoms. The van der Waals surface area contributed by atoms with Gasteiger partial charge in [-0.25, -0.2) is 0 Å². The van der Waals surface area contributed by atoms with Gasteiger partial charge in [0.1, 0.15) is 13.2 Å². The van der Waals surface area contributed by atoms with Crippen molar-refractivity contribution in [2.45, 2.75) is 226 Å². The summed E-state index contributed by atoms with van der Waals surface area (Å²) in [4.78, 5) is 37.7. The van der Waals surface area contributed by atoms with E-state index in [-0.39, 0.29) is 31.1 Å². The number of hydrogen-bond acceptors (Lipinski definition) is 6. The number of carbonyl (C=O) groups is 3. The van der Waals surface area contributed by atoms with E-state index in [9.17, 15) is 14.4 Å². The highest BCUT2D eigenvalue weighted by Gasteiger charge is 2.19. The molecule has 0 saturated heterocycles. The van der Waals surface area contributed by atoms with Crippen LogP contribution in [-0.4, -0.2) is 37.2 Å². The monoisotopic (exact) mass is 757 g/mol. The molecule has 1 atom stereocenters. The van der Waals surface area contributed by atoms with Crippen molar-refractivity contribution < 1.29 is 28.6 Å². The molecule has 0 radical (unpaired) electrons. The Morgan fingerprint density at radius 1 is 0.389 bits per heavy atom. The minimum absolute atomic E-state index is 0.0846. The molecule has 0 saturated carbocycles. The third kappa shape index (κ3) is 40.6. The van der Waals surface area contributed by atoms with Crippen LogP contribution >= 0.6 is 0 Å². The maximum atomic E-state index is 12.7. The summed E-state index contributed by atoms with van der Waals surface area (Å²) in [5.41, 5.74) is 0. The lowest BCUT2D eigenvalue weighted by Crippen LogP contribution is -2.30. The Morgan fingerprint density at radius 2 is 0.722 bits per heavy atom. The highest BCUT2D eigenvalue weighted by atomic mass is 16.6. The average molecular weight is 757 g/mol. The van der Waals surface area contributed by atoms with E-state index in [2.05, 4.69) is 69.4 Å². The van der Waals surface area contributed by atoms with Crippen LogP contribution in [0.1, 0.15) is 220 Å². The summed E-state index contributed by atoms with van der Waals surface area (Å²) in [6, 6.07) is 0. The third-order valence-electron chi connectivity index (χ3n) is 9.57. The van der Waals surface area contributed by atoms with Gasteiger partial charge < -0.3 is 14.2 Å². The molecule has 54 heavy (non-hydrogen) atoms. The summed E-state index contributed by atoms with van der Waals surface area (Å²) >= 11 is 0. The van der Waals surface area contributed by atoms with Crippen LogP contribution in [0.15, 0.2) is 48.6 Å². The van der Waals surface area contributed by atoms with E-state index in [0.717, 1.165) is 96.3 Å². The number of allylic oxidation sites excluding steroid dienone is 8. The molecule has 0 aliphatic heterocycles. The topological polar surface area (TPSA) is 78.9 Å². The molecule has 0 fully saturated rings. The van der Waals surface area contributed by atoms with Crippen LogP contribution in [0.25, 0.3) is 0 Å². The van der Waals surface area contributed by atoms with Crippen molar-refractivity contribution in [3.8, 4) is 0 Å². The van der Waals surface area contributed by atoms with Gasteiger partial charge in [0.05, 0.1) is 0 Å². The Labute approximate surface area is 333 Å². The molecule has 0 aliphatic carbocycles. The van der Waals surface area contributed by atoms with Crippen molar-refractivity contribution in [3.63, 3.8) is 0 Å². The van der Waals surface area contributed by atoms with E-state index >= 15 is 0 Å². The number of esters is 3. The van der Waals surface area contributed by atoms with Gasteiger partial charge in [-0.1, -0.05) is 172 Å². The Kier molecular flexibility index (Phi) is 41.0. The molecule has 0 aromatic carbocycles. The minimum Gasteiger partial charge on any atom is -0.462 e. The van der Waals surface area contributed by atoms with Crippen LogP contribution < -0.4 is 0 Å². The molecule has 0 rings (SSSR count). The van der Waals surface area contributed by atoms with Crippen molar-refractivity contribution in [2.24, 2.45) is 0 Å². The second kappa shape index (κ2) is 43.1. The summed E-state index contributed by atoms with van der Waals surface area (Å²) in [5, 5.41) is 0. The molecule has 0 aromatic rings. The first-order valence-electron chi connectivity index (χ1n) is 22.6. The van der Waals surface area contributed by atoms with Crippen LogP contribution in [0.3, 0.4) is 0 Å². The molecular formula is C48H84O6. The van der Waals surface area contributed by atoms with Gasteiger partial charge in [-0.15, -0.1) is 0 Å². The van der Waals surface area contributed by atoms with E-state index in [1.165, 1.54) is 83.5 Å². The Hall–Kier alpha value is -2.63. The summed E-state index contributed by atoms with van der Waals surface area (Å²) in [5.74, 6) is -0.927. The van der Waals surface area contributed by atoms with Gasteiger partial charge in [0, 0.05) is 19.3 Å². The summed E-state index contributed by atoms with van der Waals surface area (Å²) < 4.78 is 16.7. The first-order chi connectivity index (χ1) is 26.5. The second-order valence-corrected chi connectivity index (χ2v) is 14.9. The van der Waals surface area contributed by atoms with Gasteiger partial charge in [0.2, 0.25) is 0 Å². The quantitative estimate of drug-likeness (QED) is 0.0268. The number of unbranched alkanes of at least 4 members (excludes halogenated alkanes) is 21. The van der Waals surface area contributed by atoms with Gasteiger partial charge in [0.25, 0.3) is 0 Å². The largest absolute Gasteiger partial charge is 0.462 e. The highest BCUT2D eigenvalue weighted by Crippen LogP contribution is 2.14. The normalized spacial score (nSPS) is 12.4. The Bertz CT molecular complexity index is 964. The van der Waals surface area contributed by atoms with Gasteiger partial charge >= 0.3 is 17.9 Å². The fourth-order valence-electron chi connectivity index (χ4n) is 6.16. The Balaban J connectivity index is 4.43. The SMILES string of the molecule is CC/C=C\C/C=C\C/C=C\CCCCCC(=O)OCC(COC(=O)CCCCCCCCCCCC)OC(=O)CCCCCCC/C=C\CCCCCC. The van der Waals surface area contributed by atoms with Crippen molar-refractivity contribution in [2.75, 3.05) is 13.2 Å². The van der Waals surface area contributed by atoms with E-state index in [1.807, 2.05) is 0 Å². The maximum absolute atomic E-state index is 12.7. The van der Waals surface area contributed by atoms with Crippen molar-refractivity contribution in [1.29, 1.82) is 0 Å². The smallest absolute Gasteiger partial charge is 0.306 e. The van der Waals surface area contributed by atoms with E-state index < -0.39 is 6.10 Å². The van der Waals surface area contributed by atoms with Crippen LogP contribution in [0.2, 0.25) is 0 Å². The van der Waals surface area contributed by atoms with E-state index in [1.54, 1.807) is 0 Å². The van der Waals surface area contributed by atoms with Crippen molar-refractivity contribution >= 4 is 17.9 Å². The van der Waals surface area contributed by atoms with Crippen molar-refractivity contribution in [1.82, 2.24) is 0 Å². The predicted molar refractivity (Wildman–Crippen MR) is 229 cm³/mol. The first-order valence-corrected chi connectivity index (χ1v) is 22.6. The lowest BCUT2D eigenvalue weighted by atomic mass is 10.1. The fraction of sp³-hybridized carbons (Fsp3) is 0.771. The van der Waals surface area contributed by atoms with Gasteiger partial charge in [0.15, 0.2) is 6.10 Å². The molecule has 6 heteroatoms. The third-order valence-corrected chi connectivity index (χ3v) is 9.57. The van der Waals surface area contributed by atoms with Crippen LogP contribution in [-0.2, 0) is 28.6 Å². The lowest BCUT2D eigenvalue weighted by molar-refractivity contribution is -0.167. The lowest BCUT2D eigenvalue weighted by Gasteiger charge is -2.18. The molecule has 0 aromatic heterocycles. The van der Waals surface area contributed by atoms with E-state index in [4.69, 9.17) is 14.2 Å². The number of carbonyl (C=O) groups excluding carboxylic acids is 3. The molecule has 0 heterocycles. The predicted octanol–water partition coefficient (Wildman–Crippen LogP) is 14.4. The second-order valence-electron chi connectivity index (χ2n) is 14.9. The molecular weight excluding hydrogens is 673 g/mol. The summed E-state index contributed by atoms with van der Waals surface area (Å²) in [7, 11) is 0. The number of rotatable bonds is 40. The maximum Gasteiger partial charge on any atom is 0.306 e. The summed E-state index contributed by atoms with van der Waals surface area (Å²) in [6.45, 7) is 6.45. The molecule has 0 spiro atoms. The van der Waals surface area contributed by atoms with Gasteiger partial charge in [-0.3, -0.25) is 14.4 Å². The van der Waals surface area contributed by atoms with Gasteiger partial charge in [-0.2, -0.15) is 0 Å². The number of ether oxygens (including phenoxy) is 3. The molecule has 0 N–H and O–H groups in total. The van der Waals surface area contributed by atoms with E-state index in [0.29, 0.717) is 19.3 Å². The number of hydrogen-bond donors (Lipinski definition) is 0. The Morgan fingerprint density at radius 3 is 1.19 bits per heavy atom. The highest BCUT2D eigenvalue weighted by molar-refractivity contribution is 5.71. The standard InChI is InChI=1S/C48H84O6/c1-4-7-10-13-16-19-22-24-26-29-32-35-38-41-47(50)53-44-45(43-52-46(49)40-37-34-31-28-21-18-15-12-9-6-3)54-48(51)42-39-36-33-30-27-25-23-20-17-14-11-8-5-2/h7,10,16,19-20,23-24,26,45H,4-6,8-9,11-15,17-18,21-22,25,27-44H2,1-3H3/b10-7-,19-16-,23-20-,26-24-. The van der Waals surface area contributed by atoms with Gasteiger partial charge in [-0.05, 0) is 77.0 Å². The average Bonchev–Trinajstić information content (AvgIpc) is 3.17. The van der Waals surface area contributed by atoms with Crippen LogP contribution in [0.5, 0.6) is 0 Å². The van der Waals surface area contributed by atoms with Crippen LogP contribution in [0.4, 0.5) is 0 Å². The summed E-state index contributed by atoms with van der Waals surface area (Å²) in [6.07, 6.45) is 49.5. The zero-order valence-corrected chi connectivity index (χ0v) is 35.5. The molecule has 0 amide bonds. The first kappa shape index (κ1) is 51.4. The molecule has 6 nitrogen and oxygen atoms in total. The molecule has 312 valence electrons. The van der Waals surface area contributed by atoms with Crippen molar-refractivity contribution in [3.05, 3.63) is 48.6 Å².